The van der Waals surface area contributed by atoms with Crippen molar-refractivity contribution in [2.45, 2.75) is 20.0 Å². The second-order valence-corrected chi connectivity index (χ2v) is 5.15. The van der Waals surface area contributed by atoms with Crippen LogP contribution in [0.2, 0.25) is 0 Å². The summed E-state index contributed by atoms with van der Waals surface area (Å²) in [6, 6.07) is 1.92. The van der Waals surface area contributed by atoms with Gasteiger partial charge in [-0.15, -0.1) is 11.3 Å². The normalized spacial score (nSPS) is 16.9. The van der Waals surface area contributed by atoms with E-state index in [1.807, 2.05) is 19.9 Å². The molecule has 14 heavy (non-hydrogen) atoms. The molecule has 0 aliphatic carbocycles. The Morgan fingerprint density at radius 1 is 1.57 bits per heavy atom. The van der Waals surface area contributed by atoms with E-state index in [2.05, 4.69) is 0 Å². The molecule has 1 aliphatic rings. The Labute approximate surface area is 87.0 Å². The molecular formula is C10H13NO2S. The van der Waals surface area contributed by atoms with Crippen molar-refractivity contribution >= 4 is 17.2 Å². The molecular weight excluding hydrogens is 198 g/mol. The average molecular weight is 211 g/mol. The minimum atomic E-state index is -0.320. The Morgan fingerprint density at radius 3 is 2.64 bits per heavy atom. The van der Waals surface area contributed by atoms with Crippen molar-refractivity contribution < 1.29 is 9.90 Å². The fourth-order valence-corrected chi connectivity index (χ4v) is 2.55. The summed E-state index contributed by atoms with van der Waals surface area (Å²) >= 11 is 1.64. The lowest BCUT2D eigenvalue weighted by Gasteiger charge is -2.35. The first kappa shape index (κ1) is 9.68. The molecule has 1 aliphatic heterocycles. The molecule has 1 aromatic heterocycles. The Kier molecular flexibility index (Phi) is 2.33. The fourth-order valence-electron chi connectivity index (χ4n) is 1.63. The quantitative estimate of drug-likeness (QED) is 0.758. The topological polar surface area (TPSA) is 40.5 Å². The minimum Gasteiger partial charge on any atom is -0.389 e. The van der Waals surface area contributed by atoms with Crippen LogP contribution < -0.4 is 0 Å². The van der Waals surface area contributed by atoms with Crippen LogP contribution in [0.25, 0.3) is 0 Å². The summed E-state index contributed by atoms with van der Waals surface area (Å²) < 4.78 is 0. The lowest BCUT2D eigenvalue weighted by molar-refractivity contribution is 0.00588. The van der Waals surface area contributed by atoms with Crippen LogP contribution >= 0.6 is 11.3 Å². The highest BCUT2D eigenvalue weighted by Crippen LogP contribution is 2.23. The Balaban J connectivity index is 2.15. The third kappa shape index (κ3) is 1.55. The Morgan fingerprint density at radius 2 is 2.21 bits per heavy atom. The van der Waals surface area contributed by atoms with Gasteiger partial charge in [-0.1, -0.05) is 0 Å². The number of aliphatic hydroxyl groups is 1. The van der Waals surface area contributed by atoms with Crippen molar-refractivity contribution in [3.63, 3.8) is 0 Å². The van der Waals surface area contributed by atoms with Crippen LogP contribution in [0.4, 0.5) is 0 Å². The molecule has 0 saturated carbocycles. The van der Waals surface area contributed by atoms with Gasteiger partial charge in [0.2, 0.25) is 0 Å². The number of carbonyl (C=O) groups excluding carboxylic acids is 1. The molecule has 4 heteroatoms. The first-order valence-corrected chi connectivity index (χ1v) is 5.44. The summed E-state index contributed by atoms with van der Waals surface area (Å²) in [4.78, 5) is 15.7. The van der Waals surface area contributed by atoms with E-state index in [-0.39, 0.29) is 12.0 Å². The molecule has 0 radical (unpaired) electrons. The number of nitrogens with zero attached hydrogens (tertiary/aromatic N) is 1. The van der Waals surface area contributed by atoms with E-state index in [0.717, 1.165) is 15.3 Å². The van der Waals surface area contributed by atoms with Crippen molar-refractivity contribution in [1.29, 1.82) is 0 Å². The van der Waals surface area contributed by atoms with E-state index >= 15 is 0 Å². The second kappa shape index (κ2) is 3.37. The number of aliphatic hydroxyl groups excluding tert-OH is 1. The maximum absolute atomic E-state index is 11.8. The molecule has 3 nitrogen and oxygen atoms in total. The van der Waals surface area contributed by atoms with E-state index in [1.165, 1.54) is 0 Å². The van der Waals surface area contributed by atoms with Gasteiger partial charge in [0.25, 0.3) is 5.91 Å². The van der Waals surface area contributed by atoms with Crippen LogP contribution in [0.1, 0.15) is 20.1 Å². The van der Waals surface area contributed by atoms with Crippen molar-refractivity contribution in [3.8, 4) is 0 Å². The number of hydrogen-bond donors (Lipinski definition) is 1. The molecule has 1 aromatic rings. The zero-order valence-corrected chi connectivity index (χ0v) is 9.10. The molecule has 2 heterocycles. The molecule has 0 spiro atoms. The Bertz CT molecular complexity index is 366. The lowest BCUT2D eigenvalue weighted by atomic mass is 10.1. The van der Waals surface area contributed by atoms with Gasteiger partial charge in [0, 0.05) is 22.8 Å². The van der Waals surface area contributed by atoms with Crippen molar-refractivity contribution in [3.05, 3.63) is 21.4 Å². The van der Waals surface area contributed by atoms with Gasteiger partial charge in [-0.3, -0.25) is 4.79 Å². The third-order valence-electron chi connectivity index (χ3n) is 2.42. The molecule has 0 bridgehead atoms. The van der Waals surface area contributed by atoms with Gasteiger partial charge in [-0.25, -0.2) is 0 Å². The van der Waals surface area contributed by atoms with E-state index in [4.69, 9.17) is 5.11 Å². The predicted molar refractivity (Wildman–Crippen MR) is 55.7 cm³/mol. The van der Waals surface area contributed by atoms with Crippen molar-refractivity contribution in [1.82, 2.24) is 4.90 Å². The van der Waals surface area contributed by atoms with Gasteiger partial charge in [-0.05, 0) is 19.9 Å². The Hall–Kier alpha value is -0.870. The number of hydrogen-bond acceptors (Lipinski definition) is 3. The summed E-state index contributed by atoms with van der Waals surface area (Å²) in [5.41, 5.74) is 0.791. The van der Waals surface area contributed by atoms with Gasteiger partial charge < -0.3 is 10.0 Å². The molecule has 1 fully saturated rings. The molecule has 0 unspecified atom stereocenters. The van der Waals surface area contributed by atoms with Crippen LogP contribution in [0, 0.1) is 13.8 Å². The fraction of sp³-hybridized carbons (Fsp3) is 0.500. The number of aryl methyl sites for hydroxylation is 2. The highest BCUT2D eigenvalue weighted by molar-refractivity contribution is 7.12. The summed E-state index contributed by atoms with van der Waals surface area (Å²) in [5, 5.41) is 9.10. The summed E-state index contributed by atoms with van der Waals surface area (Å²) in [7, 11) is 0. The number of thiophene rings is 1. The highest BCUT2D eigenvalue weighted by atomic mass is 32.1. The third-order valence-corrected chi connectivity index (χ3v) is 3.39. The molecule has 76 valence electrons. The standard InChI is InChI=1S/C10H13NO2S/c1-6-3-9(7(2)14-6)10(13)11-4-8(12)5-11/h3,8,12H,4-5H2,1-2H3. The molecule has 0 atom stereocenters. The number of β-amino-alcohol motifs (C(OH)–C–C–N with tert-alkyl or cyclic N) is 1. The number of amides is 1. The summed E-state index contributed by atoms with van der Waals surface area (Å²) in [5.74, 6) is 0.0529. The predicted octanol–water partition coefficient (Wildman–Crippen LogP) is 1.18. The first-order chi connectivity index (χ1) is 6.58. The highest BCUT2D eigenvalue weighted by Gasteiger charge is 2.30. The van der Waals surface area contributed by atoms with Gasteiger partial charge in [-0.2, -0.15) is 0 Å². The van der Waals surface area contributed by atoms with E-state index in [0.29, 0.717) is 13.1 Å². The van der Waals surface area contributed by atoms with Gasteiger partial charge in [0.15, 0.2) is 0 Å². The van der Waals surface area contributed by atoms with E-state index in [9.17, 15) is 4.79 Å². The molecule has 0 aromatic carbocycles. The molecule has 2 rings (SSSR count). The molecule has 1 saturated heterocycles. The number of carbonyl (C=O) groups is 1. The monoisotopic (exact) mass is 211 g/mol. The van der Waals surface area contributed by atoms with Crippen LogP contribution in [-0.4, -0.2) is 35.1 Å². The lowest BCUT2D eigenvalue weighted by Crippen LogP contribution is -2.53. The number of rotatable bonds is 1. The smallest absolute Gasteiger partial charge is 0.255 e. The zero-order chi connectivity index (χ0) is 10.3. The van der Waals surface area contributed by atoms with Crippen molar-refractivity contribution in [2.75, 3.05) is 13.1 Å². The SMILES string of the molecule is Cc1cc(C(=O)N2CC(O)C2)c(C)s1. The van der Waals surface area contributed by atoms with E-state index < -0.39 is 0 Å². The minimum absolute atomic E-state index is 0.0529. The average Bonchev–Trinajstić information content (AvgIpc) is 2.39. The number of likely N-dealkylation sites (tertiary alicyclic amines) is 1. The van der Waals surface area contributed by atoms with Gasteiger partial charge in [0.1, 0.15) is 0 Å². The molecule has 1 amide bonds. The molecule has 1 N–H and O–H groups in total. The van der Waals surface area contributed by atoms with E-state index in [1.54, 1.807) is 16.2 Å². The summed E-state index contributed by atoms with van der Waals surface area (Å²) in [6.07, 6.45) is -0.320. The summed E-state index contributed by atoms with van der Waals surface area (Å²) in [6.45, 7) is 4.92. The van der Waals surface area contributed by atoms with Gasteiger partial charge >= 0.3 is 0 Å². The van der Waals surface area contributed by atoms with Crippen LogP contribution in [0.15, 0.2) is 6.07 Å². The first-order valence-electron chi connectivity index (χ1n) is 4.62. The zero-order valence-electron chi connectivity index (χ0n) is 8.28. The van der Waals surface area contributed by atoms with Crippen LogP contribution in [-0.2, 0) is 0 Å². The largest absolute Gasteiger partial charge is 0.389 e. The van der Waals surface area contributed by atoms with Gasteiger partial charge in [0.05, 0.1) is 11.7 Å². The van der Waals surface area contributed by atoms with Crippen LogP contribution in [0.5, 0.6) is 0 Å². The maximum Gasteiger partial charge on any atom is 0.255 e. The second-order valence-electron chi connectivity index (χ2n) is 3.69. The maximum atomic E-state index is 11.8. The van der Waals surface area contributed by atoms with Crippen molar-refractivity contribution in [2.24, 2.45) is 0 Å². The van der Waals surface area contributed by atoms with Crippen LogP contribution in [0.3, 0.4) is 0 Å².